The minimum absolute atomic E-state index is 0.748. The van der Waals surface area contributed by atoms with Crippen LogP contribution in [0.25, 0.3) is 0 Å². The van der Waals surface area contributed by atoms with Gasteiger partial charge >= 0.3 is 11.2 Å². The summed E-state index contributed by atoms with van der Waals surface area (Å²) in [6.45, 7) is 0.748. The molecule has 14 heavy (non-hydrogen) atoms. The van der Waals surface area contributed by atoms with Crippen LogP contribution in [0.3, 0.4) is 0 Å². The van der Waals surface area contributed by atoms with Gasteiger partial charge in [-0.2, -0.15) is 17.6 Å². The van der Waals surface area contributed by atoms with Crippen LogP contribution in [0.2, 0.25) is 0 Å². The number of carbonyl (C=O) groups is 1. The molecule has 0 fully saturated rings. The predicted molar refractivity (Wildman–Crippen MR) is 40.2 cm³/mol. The minimum atomic E-state index is -5.48. The number of sulfone groups is 1. The van der Waals surface area contributed by atoms with Crippen LogP contribution in [0.5, 0.6) is 0 Å². The Balaban J connectivity index is 5.48. The van der Waals surface area contributed by atoms with Gasteiger partial charge in [0.15, 0.2) is 0 Å². The van der Waals surface area contributed by atoms with Crippen LogP contribution < -0.4 is 0 Å². The number of alkyl halides is 4. The number of halogens is 5. The van der Waals surface area contributed by atoms with Crippen molar-refractivity contribution in [1.29, 1.82) is 0 Å². The molecule has 0 amide bonds. The Labute approximate surface area is 82.0 Å². The van der Waals surface area contributed by atoms with Crippen molar-refractivity contribution in [2.75, 3.05) is 5.75 Å². The molecule has 0 saturated heterocycles. The number of carbonyl (C=O) groups excluding carboxylic acids is 1. The maximum atomic E-state index is 12.6. The van der Waals surface area contributed by atoms with Crippen molar-refractivity contribution in [3.8, 4) is 0 Å². The summed E-state index contributed by atoms with van der Waals surface area (Å²) in [4.78, 5) is 9.95. The highest BCUT2D eigenvalue weighted by molar-refractivity contribution is 7.92. The average molecular weight is 257 g/mol. The third kappa shape index (κ3) is 1.85. The van der Waals surface area contributed by atoms with Gasteiger partial charge < -0.3 is 0 Å². The molecule has 0 aromatic carbocycles. The second-order valence-corrected chi connectivity index (χ2v) is 4.93. The molecular weight excluding hydrogens is 252 g/mol. The first-order chi connectivity index (χ1) is 6.00. The molecule has 0 heterocycles. The molecule has 0 aromatic heterocycles. The van der Waals surface area contributed by atoms with E-state index < -0.39 is 32.0 Å². The standard InChI is InChI=1S/C5H5ClF4O3S/c1-2-14(12,13)5(9,10)4(7,8)3(6)11/h2H2,1H3. The topological polar surface area (TPSA) is 51.2 Å². The molecule has 0 saturated carbocycles. The lowest BCUT2D eigenvalue weighted by Gasteiger charge is -2.22. The Bertz CT molecular complexity index is 337. The van der Waals surface area contributed by atoms with Gasteiger partial charge in [-0.3, -0.25) is 4.79 Å². The van der Waals surface area contributed by atoms with Gasteiger partial charge in [0.25, 0.3) is 5.24 Å². The van der Waals surface area contributed by atoms with Crippen molar-refractivity contribution in [1.82, 2.24) is 0 Å². The Kier molecular flexibility index (Phi) is 3.55. The zero-order valence-electron chi connectivity index (χ0n) is 6.73. The van der Waals surface area contributed by atoms with Crippen molar-refractivity contribution in [3.05, 3.63) is 0 Å². The monoisotopic (exact) mass is 256 g/mol. The van der Waals surface area contributed by atoms with E-state index in [2.05, 4.69) is 11.6 Å². The van der Waals surface area contributed by atoms with E-state index in [1.54, 1.807) is 0 Å². The zero-order valence-corrected chi connectivity index (χ0v) is 8.30. The average Bonchev–Trinajstić information content (AvgIpc) is 2.03. The van der Waals surface area contributed by atoms with E-state index in [4.69, 9.17) is 0 Å². The second-order valence-electron chi connectivity index (χ2n) is 2.27. The van der Waals surface area contributed by atoms with Crippen LogP contribution in [-0.2, 0) is 14.6 Å². The van der Waals surface area contributed by atoms with Gasteiger partial charge in [0.1, 0.15) is 0 Å². The van der Waals surface area contributed by atoms with Crippen LogP contribution in [0, 0.1) is 0 Å². The molecule has 0 unspecified atom stereocenters. The smallest absolute Gasteiger partial charge is 0.274 e. The first-order valence-corrected chi connectivity index (χ1v) is 5.21. The van der Waals surface area contributed by atoms with Crippen molar-refractivity contribution >= 4 is 26.7 Å². The lowest BCUT2D eigenvalue weighted by Crippen LogP contribution is -2.51. The molecule has 0 radical (unpaired) electrons. The number of hydrogen-bond acceptors (Lipinski definition) is 3. The van der Waals surface area contributed by atoms with Gasteiger partial charge in [-0.05, 0) is 11.6 Å². The number of hydrogen-bond donors (Lipinski definition) is 0. The molecule has 0 spiro atoms. The summed E-state index contributed by atoms with van der Waals surface area (Å²) >= 11 is 4.18. The lowest BCUT2D eigenvalue weighted by atomic mass is 10.4. The Morgan fingerprint density at radius 1 is 1.29 bits per heavy atom. The summed E-state index contributed by atoms with van der Waals surface area (Å²) < 4.78 is 71.0. The van der Waals surface area contributed by atoms with Crippen LogP contribution >= 0.6 is 11.6 Å². The minimum Gasteiger partial charge on any atom is -0.274 e. The highest BCUT2D eigenvalue weighted by Gasteiger charge is 2.68. The number of rotatable bonds is 4. The lowest BCUT2D eigenvalue weighted by molar-refractivity contribution is -0.170. The third-order valence-corrected chi connectivity index (χ3v) is 3.42. The van der Waals surface area contributed by atoms with Crippen molar-refractivity contribution < 1.29 is 30.8 Å². The van der Waals surface area contributed by atoms with Gasteiger partial charge in [-0.25, -0.2) is 8.42 Å². The Morgan fingerprint density at radius 2 is 1.64 bits per heavy atom. The molecule has 0 N–H and O–H groups in total. The van der Waals surface area contributed by atoms with Crippen molar-refractivity contribution in [2.24, 2.45) is 0 Å². The largest absolute Gasteiger partial charge is 0.415 e. The summed E-state index contributed by atoms with van der Waals surface area (Å²) in [6.07, 6.45) is 0. The molecule has 0 atom stereocenters. The predicted octanol–water partition coefficient (Wildman–Crippen LogP) is 1.41. The molecule has 0 aromatic rings. The molecule has 0 rings (SSSR count). The van der Waals surface area contributed by atoms with Gasteiger partial charge in [0.2, 0.25) is 9.84 Å². The molecule has 84 valence electrons. The van der Waals surface area contributed by atoms with E-state index in [9.17, 15) is 30.8 Å². The highest BCUT2D eigenvalue weighted by Crippen LogP contribution is 2.40. The maximum Gasteiger partial charge on any atom is 0.415 e. The van der Waals surface area contributed by atoms with Crippen molar-refractivity contribution in [3.63, 3.8) is 0 Å². The Morgan fingerprint density at radius 3 is 1.86 bits per heavy atom. The Hall–Kier alpha value is -0.370. The van der Waals surface area contributed by atoms with E-state index in [0.717, 1.165) is 6.92 Å². The summed E-state index contributed by atoms with van der Waals surface area (Å²) in [6, 6.07) is 0. The highest BCUT2D eigenvalue weighted by atomic mass is 35.5. The van der Waals surface area contributed by atoms with E-state index in [1.807, 2.05) is 0 Å². The van der Waals surface area contributed by atoms with Crippen LogP contribution in [-0.4, -0.2) is 30.6 Å². The fourth-order valence-electron chi connectivity index (χ4n) is 0.491. The molecule has 0 aliphatic heterocycles. The summed E-state index contributed by atoms with van der Waals surface area (Å²) in [5.41, 5.74) is 0. The van der Waals surface area contributed by atoms with Gasteiger partial charge in [0.05, 0.1) is 5.75 Å². The van der Waals surface area contributed by atoms with E-state index >= 15 is 0 Å². The first-order valence-electron chi connectivity index (χ1n) is 3.18. The van der Waals surface area contributed by atoms with Crippen LogP contribution in [0.4, 0.5) is 17.6 Å². The molecule has 0 aliphatic carbocycles. The molecular formula is C5H5ClF4O3S. The van der Waals surface area contributed by atoms with E-state index in [0.29, 0.717) is 0 Å². The molecule has 0 bridgehead atoms. The normalized spacial score (nSPS) is 14.1. The summed E-state index contributed by atoms with van der Waals surface area (Å²) in [5.74, 6) is -6.64. The van der Waals surface area contributed by atoms with Gasteiger partial charge in [-0.1, -0.05) is 6.92 Å². The van der Waals surface area contributed by atoms with E-state index in [1.165, 1.54) is 0 Å². The molecule has 3 nitrogen and oxygen atoms in total. The summed E-state index contributed by atoms with van der Waals surface area (Å²) in [7, 11) is -5.39. The van der Waals surface area contributed by atoms with Gasteiger partial charge in [-0.15, -0.1) is 0 Å². The molecule has 9 heteroatoms. The first kappa shape index (κ1) is 13.6. The van der Waals surface area contributed by atoms with Crippen molar-refractivity contribution in [2.45, 2.75) is 18.1 Å². The SMILES string of the molecule is CCS(=O)(=O)C(F)(F)C(F)(F)C(=O)Cl. The fourth-order valence-corrected chi connectivity index (χ4v) is 1.51. The second kappa shape index (κ2) is 3.65. The maximum absolute atomic E-state index is 12.6. The summed E-state index contributed by atoms with van der Waals surface area (Å²) in [5, 5.41) is -8.19. The zero-order chi connectivity index (χ0) is 11.8. The van der Waals surface area contributed by atoms with Gasteiger partial charge in [0, 0.05) is 0 Å². The van der Waals surface area contributed by atoms with Crippen LogP contribution in [0.15, 0.2) is 0 Å². The third-order valence-electron chi connectivity index (χ3n) is 1.38. The quantitative estimate of drug-likeness (QED) is 0.565. The fraction of sp³-hybridized carbons (Fsp3) is 0.800. The van der Waals surface area contributed by atoms with Crippen LogP contribution in [0.1, 0.15) is 6.92 Å². The molecule has 0 aliphatic rings. The van der Waals surface area contributed by atoms with E-state index in [-0.39, 0.29) is 0 Å².